The van der Waals surface area contributed by atoms with Crippen molar-refractivity contribution >= 4 is 21.6 Å². The highest BCUT2D eigenvalue weighted by Gasteiger charge is 1.96. The van der Waals surface area contributed by atoms with E-state index in [0.717, 1.165) is 5.92 Å². The summed E-state index contributed by atoms with van der Waals surface area (Å²) in [6.45, 7) is 6.76. The van der Waals surface area contributed by atoms with Gasteiger partial charge in [-0.15, -0.1) is 0 Å². The van der Waals surface area contributed by atoms with Gasteiger partial charge in [0.15, 0.2) is 0 Å². The van der Waals surface area contributed by atoms with E-state index < -0.39 is 0 Å². The predicted octanol–water partition coefficient (Wildman–Crippen LogP) is 3.43. The van der Waals surface area contributed by atoms with Crippen LogP contribution in [0.4, 0.5) is 0 Å². The zero-order valence-electron chi connectivity index (χ0n) is 6.52. The maximum absolute atomic E-state index is 2.31. The Balaban J connectivity index is 2.88. The molecule has 0 saturated carbocycles. The number of rotatable bonds is 5. The van der Waals surface area contributed by atoms with Crippen LogP contribution in [0.1, 0.15) is 27.2 Å². The lowest BCUT2D eigenvalue weighted by atomic mass is 10.2. The highest BCUT2D eigenvalue weighted by molar-refractivity contribution is 8.76. The minimum atomic E-state index is 0.897. The molecule has 0 bridgehead atoms. The van der Waals surface area contributed by atoms with Crippen LogP contribution in [0.15, 0.2) is 0 Å². The van der Waals surface area contributed by atoms with E-state index in [9.17, 15) is 0 Å². The summed E-state index contributed by atoms with van der Waals surface area (Å²) in [7, 11) is 3.97. The lowest BCUT2D eigenvalue weighted by Crippen LogP contribution is -1.93. The van der Waals surface area contributed by atoms with E-state index in [1.54, 1.807) is 0 Å². The Morgan fingerprint density at radius 3 is 2.33 bits per heavy atom. The third-order valence-electron chi connectivity index (χ3n) is 1.25. The van der Waals surface area contributed by atoms with Crippen molar-refractivity contribution in [2.45, 2.75) is 27.2 Å². The summed E-state index contributed by atoms with van der Waals surface area (Å²) in [5.41, 5.74) is 0. The smallest absolute Gasteiger partial charge is 0.00625 e. The van der Waals surface area contributed by atoms with E-state index in [2.05, 4.69) is 20.8 Å². The first-order valence-electron chi connectivity index (χ1n) is 3.55. The second-order valence-electron chi connectivity index (χ2n) is 2.20. The molecule has 0 spiro atoms. The highest BCUT2D eigenvalue weighted by Crippen LogP contribution is 2.23. The van der Waals surface area contributed by atoms with Crippen LogP contribution in [-0.4, -0.2) is 11.5 Å². The Morgan fingerprint density at radius 2 is 1.89 bits per heavy atom. The van der Waals surface area contributed by atoms with Gasteiger partial charge in [-0.1, -0.05) is 48.8 Å². The van der Waals surface area contributed by atoms with E-state index in [1.165, 1.54) is 17.9 Å². The molecule has 0 fully saturated rings. The molecule has 2 heteroatoms. The Bertz CT molecular complexity index is 54.9. The van der Waals surface area contributed by atoms with Crippen molar-refractivity contribution in [3.8, 4) is 0 Å². The maximum atomic E-state index is 2.31. The van der Waals surface area contributed by atoms with Gasteiger partial charge < -0.3 is 0 Å². The summed E-state index contributed by atoms with van der Waals surface area (Å²) < 4.78 is 0. The van der Waals surface area contributed by atoms with Gasteiger partial charge in [-0.05, 0) is 5.92 Å². The van der Waals surface area contributed by atoms with Gasteiger partial charge in [-0.25, -0.2) is 0 Å². The van der Waals surface area contributed by atoms with Crippen molar-refractivity contribution in [3.05, 3.63) is 0 Å². The Morgan fingerprint density at radius 1 is 1.22 bits per heavy atom. The first kappa shape index (κ1) is 9.70. The SMILES string of the molecule is CCSSCC(C)CC. The Labute approximate surface area is 66.6 Å². The van der Waals surface area contributed by atoms with Gasteiger partial charge in [-0.3, -0.25) is 0 Å². The first-order chi connectivity index (χ1) is 4.31. The molecule has 0 aromatic heterocycles. The van der Waals surface area contributed by atoms with Crippen LogP contribution < -0.4 is 0 Å². The molecule has 0 heterocycles. The maximum Gasteiger partial charge on any atom is 0.00625 e. The van der Waals surface area contributed by atoms with Gasteiger partial charge in [0.1, 0.15) is 0 Å². The average Bonchev–Trinajstić information content (AvgIpc) is 1.89. The number of hydrogen-bond donors (Lipinski definition) is 0. The lowest BCUT2D eigenvalue weighted by molar-refractivity contribution is 0.638. The van der Waals surface area contributed by atoms with E-state index in [4.69, 9.17) is 0 Å². The third kappa shape index (κ3) is 6.59. The molecular weight excluding hydrogens is 148 g/mol. The van der Waals surface area contributed by atoms with Crippen LogP contribution in [0.5, 0.6) is 0 Å². The van der Waals surface area contributed by atoms with E-state index in [1.807, 2.05) is 21.6 Å². The summed E-state index contributed by atoms with van der Waals surface area (Å²) in [4.78, 5) is 0. The van der Waals surface area contributed by atoms with Crippen molar-refractivity contribution in [3.63, 3.8) is 0 Å². The van der Waals surface area contributed by atoms with Crippen molar-refractivity contribution in [2.75, 3.05) is 11.5 Å². The molecule has 9 heavy (non-hydrogen) atoms. The Hall–Kier alpha value is 0.700. The van der Waals surface area contributed by atoms with Crippen LogP contribution in [0.2, 0.25) is 0 Å². The van der Waals surface area contributed by atoms with Crippen LogP contribution in [0.3, 0.4) is 0 Å². The van der Waals surface area contributed by atoms with Gasteiger partial charge in [-0.2, -0.15) is 0 Å². The molecule has 0 aliphatic carbocycles. The van der Waals surface area contributed by atoms with Crippen molar-refractivity contribution in [1.82, 2.24) is 0 Å². The second-order valence-corrected chi connectivity index (χ2v) is 5.00. The fourth-order valence-electron chi connectivity index (χ4n) is 0.365. The lowest BCUT2D eigenvalue weighted by Gasteiger charge is -2.04. The van der Waals surface area contributed by atoms with Crippen LogP contribution in [0, 0.1) is 5.92 Å². The Kier molecular flexibility index (Phi) is 7.34. The molecule has 0 aliphatic heterocycles. The molecular formula is C7H16S2. The standard InChI is InChI=1S/C7H16S2/c1-4-7(3)6-9-8-5-2/h7H,4-6H2,1-3H3. The van der Waals surface area contributed by atoms with Crippen molar-refractivity contribution in [2.24, 2.45) is 5.92 Å². The minimum Gasteiger partial charge on any atom is -0.0944 e. The zero-order valence-corrected chi connectivity index (χ0v) is 8.15. The molecule has 0 aromatic rings. The van der Waals surface area contributed by atoms with Gasteiger partial charge >= 0.3 is 0 Å². The molecule has 0 nitrogen and oxygen atoms in total. The van der Waals surface area contributed by atoms with E-state index in [0.29, 0.717) is 0 Å². The highest BCUT2D eigenvalue weighted by atomic mass is 33.1. The van der Waals surface area contributed by atoms with Crippen molar-refractivity contribution < 1.29 is 0 Å². The fraction of sp³-hybridized carbons (Fsp3) is 1.00. The summed E-state index contributed by atoms with van der Waals surface area (Å²) >= 11 is 0. The minimum absolute atomic E-state index is 0.897. The topological polar surface area (TPSA) is 0 Å². The third-order valence-corrected chi connectivity index (χ3v) is 3.97. The van der Waals surface area contributed by atoms with Crippen LogP contribution in [-0.2, 0) is 0 Å². The molecule has 56 valence electrons. The summed E-state index contributed by atoms with van der Waals surface area (Å²) in [6.07, 6.45) is 1.32. The zero-order chi connectivity index (χ0) is 7.11. The van der Waals surface area contributed by atoms with Gasteiger partial charge in [0.25, 0.3) is 0 Å². The molecule has 0 amide bonds. The van der Waals surface area contributed by atoms with Crippen LogP contribution >= 0.6 is 21.6 Å². The molecule has 0 saturated heterocycles. The normalized spacial score (nSPS) is 13.7. The molecule has 0 rings (SSSR count). The fourth-order valence-corrected chi connectivity index (χ4v) is 2.58. The largest absolute Gasteiger partial charge is 0.0944 e. The molecule has 0 aromatic carbocycles. The summed E-state index contributed by atoms with van der Waals surface area (Å²) in [5.74, 6) is 3.45. The van der Waals surface area contributed by atoms with E-state index in [-0.39, 0.29) is 0 Å². The predicted molar refractivity (Wildman–Crippen MR) is 50.0 cm³/mol. The monoisotopic (exact) mass is 164 g/mol. The van der Waals surface area contributed by atoms with Gasteiger partial charge in [0, 0.05) is 11.5 Å². The van der Waals surface area contributed by atoms with E-state index >= 15 is 0 Å². The van der Waals surface area contributed by atoms with Crippen LogP contribution in [0.25, 0.3) is 0 Å². The molecule has 0 aliphatic rings. The van der Waals surface area contributed by atoms with Gasteiger partial charge in [0.05, 0.1) is 0 Å². The molecule has 1 unspecified atom stereocenters. The second kappa shape index (κ2) is 6.81. The average molecular weight is 164 g/mol. The van der Waals surface area contributed by atoms with Crippen molar-refractivity contribution in [1.29, 1.82) is 0 Å². The first-order valence-corrected chi connectivity index (χ1v) is 6.04. The molecule has 0 N–H and O–H groups in total. The molecule has 0 radical (unpaired) electrons. The molecule has 1 atom stereocenters. The number of hydrogen-bond acceptors (Lipinski definition) is 2. The summed E-state index contributed by atoms with van der Waals surface area (Å²) in [5, 5.41) is 0. The van der Waals surface area contributed by atoms with Gasteiger partial charge in [0.2, 0.25) is 0 Å². The quantitative estimate of drug-likeness (QED) is 0.451. The summed E-state index contributed by atoms with van der Waals surface area (Å²) in [6, 6.07) is 0.